The monoisotopic (exact) mass is 264 g/mol. The van der Waals surface area contributed by atoms with E-state index in [4.69, 9.17) is 4.74 Å². The van der Waals surface area contributed by atoms with E-state index in [1.165, 1.54) is 0 Å². The van der Waals surface area contributed by atoms with Gasteiger partial charge >= 0.3 is 0 Å². The molecule has 2 heterocycles. The fourth-order valence-corrected chi connectivity index (χ4v) is 2.13. The number of thiazole rings is 1. The fraction of sp³-hybridized carbons (Fsp3) is 0.417. The summed E-state index contributed by atoms with van der Waals surface area (Å²) in [6.07, 6.45) is 2.56. The maximum absolute atomic E-state index is 5.31. The van der Waals surface area contributed by atoms with Gasteiger partial charge in [-0.05, 0) is 13.8 Å². The molecule has 0 atom stereocenters. The summed E-state index contributed by atoms with van der Waals surface area (Å²) < 4.78 is 5.31. The van der Waals surface area contributed by atoms with Crippen molar-refractivity contribution >= 4 is 17.3 Å². The zero-order valence-corrected chi connectivity index (χ0v) is 11.3. The van der Waals surface area contributed by atoms with Crippen molar-refractivity contribution in [3.8, 4) is 5.88 Å². The second kappa shape index (κ2) is 6.30. The van der Waals surface area contributed by atoms with Crippen molar-refractivity contribution in [2.45, 2.75) is 20.3 Å². The van der Waals surface area contributed by atoms with E-state index in [1.54, 1.807) is 23.6 Å². The molecule has 2 aromatic rings. The highest BCUT2D eigenvalue weighted by molar-refractivity contribution is 7.09. The zero-order chi connectivity index (χ0) is 12.8. The van der Waals surface area contributed by atoms with Crippen LogP contribution < -0.4 is 10.1 Å². The first kappa shape index (κ1) is 12.8. The number of aryl methyl sites for hydroxylation is 1. The summed E-state index contributed by atoms with van der Waals surface area (Å²) in [5.74, 6) is 1.19. The largest absolute Gasteiger partial charge is 0.478 e. The normalized spacial score (nSPS) is 10.3. The Balaban J connectivity index is 1.84. The molecule has 0 unspecified atom stereocenters. The van der Waals surface area contributed by atoms with Crippen molar-refractivity contribution in [3.05, 3.63) is 28.3 Å². The number of nitrogens with one attached hydrogen (secondary N) is 1. The predicted molar refractivity (Wildman–Crippen MR) is 72.2 cm³/mol. The molecular weight excluding hydrogens is 248 g/mol. The van der Waals surface area contributed by atoms with E-state index in [1.807, 2.05) is 13.8 Å². The van der Waals surface area contributed by atoms with Crippen LogP contribution in [0.2, 0.25) is 0 Å². The highest BCUT2D eigenvalue weighted by Gasteiger charge is 2.01. The summed E-state index contributed by atoms with van der Waals surface area (Å²) in [6.45, 7) is 5.31. The third-order valence-corrected chi connectivity index (χ3v) is 3.08. The summed E-state index contributed by atoms with van der Waals surface area (Å²) >= 11 is 1.67. The number of hydrogen-bond acceptors (Lipinski definition) is 6. The first-order valence-electron chi connectivity index (χ1n) is 5.88. The molecule has 0 aliphatic heterocycles. The van der Waals surface area contributed by atoms with Crippen molar-refractivity contribution in [2.24, 2.45) is 0 Å². The molecule has 0 spiro atoms. The van der Waals surface area contributed by atoms with Gasteiger partial charge in [-0.2, -0.15) is 4.98 Å². The summed E-state index contributed by atoms with van der Waals surface area (Å²) in [5.41, 5.74) is 1.10. The Hall–Kier alpha value is -1.69. The molecule has 0 saturated carbocycles. The molecule has 5 nitrogen and oxygen atoms in total. The molecule has 2 rings (SSSR count). The molecule has 0 bridgehead atoms. The zero-order valence-electron chi connectivity index (χ0n) is 10.5. The van der Waals surface area contributed by atoms with E-state index < -0.39 is 0 Å². The van der Waals surface area contributed by atoms with Crippen LogP contribution in [0.4, 0.5) is 5.95 Å². The van der Waals surface area contributed by atoms with E-state index >= 15 is 0 Å². The summed E-state index contributed by atoms with van der Waals surface area (Å²) in [7, 11) is 0. The number of hydrogen-bond donors (Lipinski definition) is 1. The minimum absolute atomic E-state index is 0.591. The SMILES string of the molecule is CCOc1ccnc(NCCc2csc(C)n2)n1. The van der Waals surface area contributed by atoms with Gasteiger partial charge in [-0.3, -0.25) is 0 Å². The van der Waals surface area contributed by atoms with E-state index in [2.05, 4.69) is 25.6 Å². The molecule has 2 aromatic heterocycles. The number of nitrogens with zero attached hydrogens (tertiary/aromatic N) is 3. The van der Waals surface area contributed by atoms with Gasteiger partial charge in [0, 0.05) is 30.6 Å². The predicted octanol–water partition coefficient (Wildman–Crippen LogP) is 2.29. The fourth-order valence-electron chi connectivity index (χ4n) is 1.48. The van der Waals surface area contributed by atoms with Crippen LogP contribution in [0.15, 0.2) is 17.6 Å². The molecule has 0 aromatic carbocycles. The first-order chi connectivity index (χ1) is 8.78. The van der Waals surface area contributed by atoms with Gasteiger partial charge in [0.25, 0.3) is 0 Å². The smallest absolute Gasteiger partial charge is 0.225 e. The third kappa shape index (κ3) is 3.66. The molecule has 0 amide bonds. The average Bonchev–Trinajstić information content (AvgIpc) is 2.76. The lowest BCUT2D eigenvalue weighted by molar-refractivity contribution is 0.326. The molecule has 0 fully saturated rings. The highest BCUT2D eigenvalue weighted by Crippen LogP contribution is 2.10. The van der Waals surface area contributed by atoms with Crippen LogP contribution in [0, 0.1) is 6.92 Å². The Bertz CT molecular complexity index is 500. The third-order valence-electron chi connectivity index (χ3n) is 2.25. The van der Waals surface area contributed by atoms with E-state index in [0.717, 1.165) is 23.7 Å². The van der Waals surface area contributed by atoms with E-state index in [9.17, 15) is 0 Å². The molecule has 6 heteroatoms. The summed E-state index contributed by atoms with van der Waals surface area (Å²) in [5, 5.41) is 6.34. The van der Waals surface area contributed by atoms with Gasteiger partial charge < -0.3 is 10.1 Å². The van der Waals surface area contributed by atoms with Crippen LogP contribution in [0.25, 0.3) is 0 Å². The molecule has 18 heavy (non-hydrogen) atoms. The Kier molecular flexibility index (Phi) is 4.46. The molecule has 0 aliphatic rings. The Morgan fingerprint density at radius 2 is 2.28 bits per heavy atom. The van der Waals surface area contributed by atoms with Crippen molar-refractivity contribution in [1.29, 1.82) is 0 Å². The van der Waals surface area contributed by atoms with Gasteiger partial charge in [0.2, 0.25) is 11.8 Å². The van der Waals surface area contributed by atoms with Crippen molar-refractivity contribution in [2.75, 3.05) is 18.5 Å². The minimum Gasteiger partial charge on any atom is -0.478 e. The van der Waals surface area contributed by atoms with Crippen molar-refractivity contribution in [3.63, 3.8) is 0 Å². The van der Waals surface area contributed by atoms with E-state index in [0.29, 0.717) is 18.4 Å². The maximum atomic E-state index is 5.31. The lowest BCUT2D eigenvalue weighted by Crippen LogP contribution is -2.08. The van der Waals surface area contributed by atoms with Crippen LogP contribution in [-0.2, 0) is 6.42 Å². The van der Waals surface area contributed by atoms with Gasteiger partial charge in [-0.15, -0.1) is 11.3 Å². The lowest BCUT2D eigenvalue weighted by atomic mass is 10.3. The lowest BCUT2D eigenvalue weighted by Gasteiger charge is -2.05. The Morgan fingerprint density at radius 3 is 3.00 bits per heavy atom. The van der Waals surface area contributed by atoms with Crippen molar-refractivity contribution in [1.82, 2.24) is 15.0 Å². The number of anilines is 1. The van der Waals surface area contributed by atoms with Gasteiger partial charge in [0.1, 0.15) is 0 Å². The van der Waals surface area contributed by atoms with Crippen LogP contribution in [0.3, 0.4) is 0 Å². The molecule has 0 aliphatic carbocycles. The molecule has 0 saturated heterocycles. The van der Waals surface area contributed by atoms with Crippen LogP contribution in [0.1, 0.15) is 17.6 Å². The molecular formula is C12H16N4OS. The van der Waals surface area contributed by atoms with Crippen molar-refractivity contribution < 1.29 is 4.74 Å². The van der Waals surface area contributed by atoms with Crippen LogP contribution >= 0.6 is 11.3 Å². The van der Waals surface area contributed by atoms with Crippen LogP contribution in [0.5, 0.6) is 5.88 Å². The molecule has 96 valence electrons. The average molecular weight is 264 g/mol. The second-order valence-electron chi connectivity index (χ2n) is 3.69. The maximum Gasteiger partial charge on any atom is 0.225 e. The van der Waals surface area contributed by atoms with Gasteiger partial charge in [0.05, 0.1) is 17.3 Å². The number of rotatable bonds is 6. The molecule has 1 N–H and O–H groups in total. The summed E-state index contributed by atoms with van der Waals surface area (Å²) in [6, 6.07) is 1.75. The first-order valence-corrected chi connectivity index (χ1v) is 6.76. The van der Waals surface area contributed by atoms with Gasteiger partial charge in [-0.25, -0.2) is 9.97 Å². The Labute approximate surface area is 110 Å². The second-order valence-corrected chi connectivity index (χ2v) is 4.75. The molecule has 0 radical (unpaired) electrons. The quantitative estimate of drug-likeness (QED) is 0.867. The topological polar surface area (TPSA) is 59.9 Å². The highest BCUT2D eigenvalue weighted by atomic mass is 32.1. The standard InChI is InChI=1S/C12H16N4OS/c1-3-17-11-5-7-14-12(16-11)13-6-4-10-8-18-9(2)15-10/h5,7-8H,3-4,6H2,1-2H3,(H,13,14,16). The number of ether oxygens (including phenoxy) is 1. The summed E-state index contributed by atoms with van der Waals surface area (Å²) in [4.78, 5) is 12.8. The number of aromatic nitrogens is 3. The minimum atomic E-state index is 0.591. The van der Waals surface area contributed by atoms with E-state index in [-0.39, 0.29) is 0 Å². The van der Waals surface area contributed by atoms with Gasteiger partial charge in [0.15, 0.2) is 0 Å². The van der Waals surface area contributed by atoms with Crippen LogP contribution in [-0.4, -0.2) is 28.1 Å². The van der Waals surface area contributed by atoms with Gasteiger partial charge in [-0.1, -0.05) is 0 Å². The Morgan fingerprint density at radius 1 is 1.39 bits per heavy atom.